The number of rotatable bonds is 3. The fourth-order valence-corrected chi connectivity index (χ4v) is 3.13. The van der Waals surface area contributed by atoms with E-state index in [1.54, 1.807) is 6.07 Å². The highest BCUT2D eigenvalue weighted by atomic mass is 19.1. The van der Waals surface area contributed by atoms with Crippen molar-refractivity contribution in [2.24, 2.45) is 11.3 Å². The summed E-state index contributed by atoms with van der Waals surface area (Å²) >= 11 is 0. The smallest absolute Gasteiger partial charge is 0.123 e. The van der Waals surface area contributed by atoms with E-state index in [1.807, 2.05) is 13.1 Å². The Labute approximate surface area is 110 Å². The number of halogens is 1. The van der Waals surface area contributed by atoms with Crippen LogP contribution in [0.25, 0.3) is 0 Å². The van der Waals surface area contributed by atoms with Gasteiger partial charge in [0.25, 0.3) is 0 Å². The molecule has 1 aliphatic rings. The van der Waals surface area contributed by atoms with Crippen molar-refractivity contribution in [3.63, 3.8) is 0 Å². The Morgan fingerprint density at radius 3 is 2.50 bits per heavy atom. The first-order valence-electron chi connectivity index (χ1n) is 6.78. The molecule has 1 fully saturated rings. The van der Waals surface area contributed by atoms with Crippen LogP contribution < -0.4 is 5.32 Å². The Kier molecular flexibility index (Phi) is 3.50. The van der Waals surface area contributed by atoms with Crippen molar-refractivity contribution in [2.45, 2.75) is 39.0 Å². The van der Waals surface area contributed by atoms with Gasteiger partial charge in [-0.05, 0) is 48.9 Å². The molecular weight excluding hydrogens is 225 g/mol. The van der Waals surface area contributed by atoms with Crippen LogP contribution in [0.5, 0.6) is 0 Å². The highest BCUT2D eigenvalue weighted by Gasteiger charge is 2.48. The van der Waals surface area contributed by atoms with E-state index in [-0.39, 0.29) is 11.2 Å². The first kappa shape index (κ1) is 13.5. The summed E-state index contributed by atoms with van der Waals surface area (Å²) in [4.78, 5) is 0. The van der Waals surface area contributed by atoms with Gasteiger partial charge in [0.2, 0.25) is 0 Å². The minimum atomic E-state index is -0.123. The standard InChI is InChI=1S/C16H24FN/c1-15(2,3)13-9-16(10-13,11-18-4)12-6-5-7-14(17)8-12/h5-8,13,18H,9-11H2,1-4H3. The van der Waals surface area contributed by atoms with Crippen molar-refractivity contribution in [1.82, 2.24) is 5.32 Å². The molecule has 0 bridgehead atoms. The first-order chi connectivity index (χ1) is 8.37. The minimum absolute atomic E-state index is 0.123. The molecule has 0 amide bonds. The van der Waals surface area contributed by atoms with E-state index < -0.39 is 0 Å². The molecule has 0 unspecified atom stereocenters. The number of hydrogen-bond donors (Lipinski definition) is 1. The fourth-order valence-electron chi connectivity index (χ4n) is 3.13. The molecule has 1 nitrogen and oxygen atoms in total. The van der Waals surface area contributed by atoms with Crippen LogP contribution in [0.2, 0.25) is 0 Å². The van der Waals surface area contributed by atoms with E-state index in [0.29, 0.717) is 5.41 Å². The van der Waals surface area contributed by atoms with Gasteiger partial charge in [-0.2, -0.15) is 0 Å². The third kappa shape index (κ3) is 2.44. The fraction of sp³-hybridized carbons (Fsp3) is 0.625. The van der Waals surface area contributed by atoms with Crippen LogP contribution in [-0.2, 0) is 5.41 Å². The van der Waals surface area contributed by atoms with Crippen LogP contribution in [0.3, 0.4) is 0 Å². The summed E-state index contributed by atoms with van der Waals surface area (Å²) in [5, 5.41) is 3.28. The largest absolute Gasteiger partial charge is 0.319 e. The Morgan fingerprint density at radius 2 is 2.00 bits per heavy atom. The van der Waals surface area contributed by atoms with Crippen LogP contribution in [0.4, 0.5) is 4.39 Å². The zero-order chi connectivity index (χ0) is 13.4. The monoisotopic (exact) mass is 249 g/mol. The Hall–Kier alpha value is -0.890. The zero-order valence-electron chi connectivity index (χ0n) is 11.9. The minimum Gasteiger partial charge on any atom is -0.319 e. The average molecular weight is 249 g/mol. The first-order valence-corrected chi connectivity index (χ1v) is 6.78. The van der Waals surface area contributed by atoms with Crippen molar-refractivity contribution < 1.29 is 4.39 Å². The number of hydrogen-bond acceptors (Lipinski definition) is 1. The lowest BCUT2D eigenvalue weighted by Gasteiger charge is -2.53. The SMILES string of the molecule is CNCC1(c2cccc(F)c2)CC(C(C)(C)C)C1. The van der Waals surface area contributed by atoms with Gasteiger partial charge >= 0.3 is 0 Å². The van der Waals surface area contributed by atoms with E-state index in [4.69, 9.17) is 0 Å². The second-order valence-electron chi connectivity index (χ2n) is 6.79. The van der Waals surface area contributed by atoms with E-state index in [0.717, 1.165) is 30.9 Å². The highest BCUT2D eigenvalue weighted by Crippen LogP contribution is 2.54. The molecule has 2 rings (SSSR count). The van der Waals surface area contributed by atoms with Crippen LogP contribution in [0.15, 0.2) is 24.3 Å². The molecule has 1 N–H and O–H groups in total. The molecule has 0 aromatic heterocycles. The normalized spacial score (nSPS) is 27.9. The van der Waals surface area contributed by atoms with Gasteiger partial charge in [-0.25, -0.2) is 4.39 Å². The molecule has 0 saturated heterocycles. The highest BCUT2D eigenvalue weighted by molar-refractivity contribution is 5.30. The molecule has 1 aliphatic carbocycles. The number of nitrogens with one attached hydrogen (secondary N) is 1. The van der Waals surface area contributed by atoms with Gasteiger partial charge in [0.15, 0.2) is 0 Å². The van der Waals surface area contributed by atoms with Gasteiger partial charge < -0.3 is 5.32 Å². The van der Waals surface area contributed by atoms with Gasteiger partial charge in [0, 0.05) is 12.0 Å². The second kappa shape index (κ2) is 4.65. The lowest BCUT2D eigenvalue weighted by Crippen LogP contribution is -2.51. The van der Waals surface area contributed by atoms with Crippen LogP contribution >= 0.6 is 0 Å². The maximum atomic E-state index is 13.4. The van der Waals surface area contributed by atoms with Crippen molar-refractivity contribution >= 4 is 0 Å². The van der Waals surface area contributed by atoms with E-state index >= 15 is 0 Å². The molecule has 0 radical (unpaired) electrons. The lowest BCUT2D eigenvalue weighted by molar-refractivity contribution is 0.0459. The molecule has 1 saturated carbocycles. The summed E-state index contributed by atoms with van der Waals surface area (Å²) in [6.45, 7) is 7.83. The van der Waals surface area contributed by atoms with E-state index in [1.165, 1.54) is 6.07 Å². The molecule has 1 aromatic rings. The second-order valence-corrected chi connectivity index (χ2v) is 6.79. The van der Waals surface area contributed by atoms with Crippen LogP contribution in [-0.4, -0.2) is 13.6 Å². The molecule has 1 aromatic carbocycles. The molecule has 0 atom stereocenters. The van der Waals surface area contributed by atoms with Gasteiger partial charge in [0.05, 0.1) is 0 Å². The lowest BCUT2D eigenvalue weighted by atomic mass is 9.52. The van der Waals surface area contributed by atoms with Crippen LogP contribution in [0, 0.1) is 17.2 Å². The molecular formula is C16H24FN. The summed E-state index contributed by atoms with van der Waals surface area (Å²) < 4.78 is 13.4. The number of likely N-dealkylation sites (N-methyl/N-ethyl adjacent to an activating group) is 1. The third-order valence-electron chi connectivity index (χ3n) is 4.45. The maximum Gasteiger partial charge on any atom is 0.123 e. The molecule has 0 aliphatic heterocycles. The Morgan fingerprint density at radius 1 is 1.33 bits per heavy atom. The summed E-state index contributed by atoms with van der Waals surface area (Å²) in [5.41, 5.74) is 1.64. The van der Waals surface area contributed by atoms with E-state index in [2.05, 4.69) is 32.2 Å². The Bertz CT molecular complexity index is 413. The summed E-state index contributed by atoms with van der Waals surface area (Å²) in [7, 11) is 1.98. The van der Waals surface area contributed by atoms with Gasteiger partial charge in [-0.3, -0.25) is 0 Å². The van der Waals surface area contributed by atoms with Gasteiger partial charge in [0.1, 0.15) is 5.82 Å². The molecule has 18 heavy (non-hydrogen) atoms. The summed E-state index contributed by atoms with van der Waals surface area (Å²) in [5.74, 6) is 0.608. The molecule has 100 valence electrons. The summed E-state index contributed by atoms with van der Waals surface area (Å²) in [6, 6.07) is 7.12. The average Bonchev–Trinajstić information content (AvgIpc) is 2.21. The third-order valence-corrected chi connectivity index (χ3v) is 4.45. The van der Waals surface area contributed by atoms with E-state index in [9.17, 15) is 4.39 Å². The number of benzene rings is 1. The van der Waals surface area contributed by atoms with Gasteiger partial charge in [-0.1, -0.05) is 32.9 Å². The van der Waals surface area contributed by atoms with Crippen LogP contribution in [0.1, 0.15) is 39.2 Å². The van der Waals surface area contributed by atoms with Crippen molar-refractivity contribution in [3.05, 3.63) is 35.6 Å². The van der Waals surface area contributed by atoms with Crippen molar-refractivity contribution in [3.8, 4) is 0 Å². The predicted octanol–water partition coefficient (Wildman–Crippen LogP) is 3.74. The van der Waals surface area contributed by atoms with Gasteiger partial charge in [-0.15, -0.1) is 0 Å². The molecule has 0 spiro atoms. The Balaban J connectivity index is 2.21. The maximum absolute atomic E-state index is 13.4. The summed E-state index contributed by atoms with van der Waals surface area (Å²) in [6.07, 6.45) is 2.31. The van der Waals surface area contributed by atoms with Crippen molar-refractivity contribution in [1.29, 1.82) is 0 Å². The zero-order valence-corrected chi connectivity index (χ0v) is 11.9. The van der Waals surface area contributed by atoms with Crippen molar-refractivity contribution in [2.75, 3.05) is 13.6 Å². The topological polar surface area (TPSA) is 12.0 Å². The molecule has 2 heteroatoms. The quantitative estimate of drug-likeness (QED) is 0.860. The predicted molar refractivity (Wildman–Crippen MR) is 74.2 cm³/mol. The molecule has 0 heterocycles.